The number of halogens is 1. The highest BCUT2D eigenvalue weighted by Gasteiger charge is 2.10. The van der Waals surface area contributed by atoms with E-state index in [1.54, 1.807) is 7.05 Å². The van der Waals surface area contributed by atoms with E-state index in [9.17, 15) is 0 Å². The van der Waals surface area contributed by atoms with E-state index in [-0.39, 0.29) is 35.9 Å². The molecule has 30 heavy (non-hydrogen) atoms. The van der Waals surface area contributed by atoms with Crippen molar-refractivity contribution in [3.8, 4) is 5.75 Å². The Morgan fingerprint density at radius 3 is 2.40 bits per heavy atom. The Morgan fingerprint density at radius 1 is 1.13 bits per heavy atom. The summed E-state index contributed by atoms with van der Waals surface area (Å²) in [4.78, 5) is 8.71. The van der Waals surface area contributed by atoms with E-state index in [0.29, 0.717) is 11.8 Å². The van der Waals surface area contributed by atoms with Crippen molar-refractivity contribution in [3.63, 3.8) is 0 Å². The van der Waals surface area contributed by atoms with Gasteiger partial charge in [-0.3, -0.25) is 4.99 Å². The largest absolute Gasteiger partial charge is 0.493 e. The summed E-state index contributed by atoms with van der Waals surface area (Å²) < 4.78 is 11.0. The predicted octanol–water partition coefficient (Wildman–Crippen LogP) is 4.70. The highest BCUT2D eigenvalue weighted by Crippen LogP contribution is 2.18. The summed E-state index contributed by atoms with van der Waals surface area (Å²) in [6.45, 7) is 12.0. The molecule has 1 aromatic carbocycles. The smallest absolute Gasteiger partial charge is 0.226 e. The second-order valence-corrected chi connectivity index (χ2v) is 7.94. The number of hydrogen-bond acceptors (Lipinski definition) is 5. The van der Waals surface area contributed by atoms with Crippen LogP contribution < -0.4 is 15.4 Å². The minimum absolute atomic E-state index is 0. The number of hydrogen-bond donors (Lipinski definition) is 2. The molecule has 2 aromatic rings. The third-order valence-electron chi connectivity index (χ3n) is 4.40. The molecule has 0 aliphatic carbocycles. The quantitative estimate of drug-likeness (QED) is 0.201. The number of nitrogens with zero attached hydrogens (tertiary/aromatic N) is 3. The molecule has 1 atom stereocenters. The standard InChI is InChI=1S/C22H35N5O2.HI/c1-15(2)14-28-19-11-9-18(10-12-19)17(5)25-22(23-6)24-13-7-8-20-26-21(16(3)4)27-29-20;/h9-12,15-17H,7-8,13-14H2,1-6H3,(H2,23,24,25);1H. The molecule has 0 amide bonds. The topological polar surface area (TPSA) is 84.6 Å². The lowest BCUT2D eigenvalue weighted by Crippen LogP contribution is -2.39. The van der Waals surface area contributed by atoms with Crippen molar-refractivity contribution < 1.29 is 9.26 Å². The van der Waals surface area contributed by atoms with E-state index in [2.05, 4.69) is 72.5 Å². The first kappa shape index (κ1) is 26.2. The van der Waals surface area contributed by atoms with Crippen molar-refractivity contribution in [3.05, 3.63) is 41.5 Å². The zero-order chi connectivity index (χ0) is 21.2. The Morgan fingerprint density at radius 2 is 1.83 bits per heavy atom. The van der Waals surface area contributed by atoms with Crippen LogP contribution in [-0.4, -0.2) is 36.3 Å². The van der Waals surface area contributed by atoms with Gasteiger partial charge in [-0.1, -0.05) is 45.0 Å². The van der Waals surface area contributed by atoms with E-state index >= 15 is 0 Å². The van der Waals surface area contributed by atoms with Gasteiger partial charge in [-0.25, -0.2) is 0 Å². The van der Waals surface area contributed by atoms with E-state index in [4.69, 9.17) is 9.26 Å². The van der Waals surface area contributed by atoms with Crippen molar-refractivity contribution in [2.24, 2.45) is 10.9 Å². The number of aromatic nitrogens is 2. The molecule has 0 saturated carbocycles. The monoisotopic (exact) mass is 529 g/mol. The molecule has 168 valence electrons. The molecule has 0 bridgehead atoms. The maximum Gasteiger partial charge on any atom is 0.226 e. The predicted molar refractivity (Wildman–Crippen MR) is 132 cm³/mol. The maximum atomic E-state index is 5.75. The number of guanidine groups is 1. The molecule has 0 aliphatic heterocycles. The van der Waals surface area contributed by atoms with Crippen LogP contribution in [-0.2, 0) is 6.42 Å². The van der Waals surface area contributed by atoms with Crippen molar-refractivity contribution in [1.82, 2.24) is 20.8 Å². The van der Waals surface area contributed by atoms with Gasteiger partial charge in [0.05, 0.1) is 12.6 Å². The summed E-state index contributed by atoms with van der Waals surface area (Å²) in [5, 5.41) is 10.7. The summed E-state index contributed by atoms with van der Waals surface area (Å²) in [6.07, 6.45) is 1.63. The first-order chi connectivity index (χ1) is 13.9. The fraction of sp³-hybridized carbons (Fsp3) is 0.591. The Bertz CT molecular complexity index is 759. The number of ether oxygens (including phenoxy) is 1. The molecule has 1 aromatic heterocycles. The van der Waals surface area contributed by atoms with Crippen LogP contribution in [0.3, 0.4) is 0 Å². The third-order valence-corrected chi connectivity index (χ3v) is 4.40. The van der Waals surface area contributed by atoms with Gasteiger partial charge in [-0.05, 0) is 37.0 Å². The number of benzene rings is 1. The van der Waals surface area contributed by atoms with Gasteiger partial charge in [-0.2, -0.15) is 4.98 Å². The van der Waals surface area contributed by atoms with Crippen molar-refractivity contribution in [1.29, 1.82) is 0 Å². The zero-order valence-corrected chi connectivity index (χ0v) is 21.3. The molecule has 0 radical (unpaired) electrons. The highest BCUT2D eigenvalue weighted by atomic mass is 127. The van der Waals surface area contributed by atoms with E-state index < -0.39 is 0 Å². The molecule has 2 rings (SSSR count). The first-order valence-corrected chi connectivity index (χ1v) is 10.4. The molecular weight excluding hydrogens is 493 g/mol. The summed E-state index contributed by atoms with van der Waals surface area (Å²) in [5.74, 6) is 3.92. The lowest BCUT2D eigenvalue weighted by Gasteiger charge is -2.18. The van der Waals surface area contributed by atoms with Crippen LogP contribution in [0.2, 0.25) is 0 Å². The van der Waals surface area contributed by atoms with Gasteiger partial charge in [0, 0.05) is 25.9 Å². The molecular formula is C22H36IN5O2. The minimum Gasteiger partial charge on any atom is -0.493 e. The Balaban J connectivity index is 0.00000450. The van der Waals surface area contributed by atoms with Crippen LogP contribution in [0.4, 0.5) is 0 Å². The summed E-state index contributed by atoms with van der Waals surface area (Å²) in [5.41, 5.74) is 1.18. The minimum atomic E-state index is 0. The number of aliphatic imine (C=N–C) groups is 1. The molecule has 0 spiro atoms. The van der Waals surface area contributed by atoms with E-state index in [0.717, 1.165) is 43.5 Å². The van der Waals surface area contributed by atoms with Gasteiger partial charge in [0.2, 0.25) is 5.89 Å². The zero-order valence-electron chi connectivity index (χ0n) is 18.9. The molecule has 7 nitrogen and oxygen atoms in total. The summed E-state index contributed by atoms with van der Waals surface area (Å²) in [7, 11) is 1.78. The highest BCUT2D eigenvalue weighted by molar-refractivity contribution is 14.0. The Kier molecular flexibility index (Phi) is 11.8. The van der Waals surface area contributed by atoms with Crippen LogP contribution >= 0.6 is 24.0 Å². The van der Waals surface area contributed by atoms with E-state index in [1.165, 1.54) is 5.56 Å². The summed E-state index contributed by atoms with van der Waals surface area (Å²) in [6, 6.07) is 8.33. The van der Waals surface area contributed by atoms with Gasteiger partial charge in [0.1, 0.15) is 5.75 Å². The molecule has 1 heterocycles. The fourth-order valence-corrected chi connectivity index (χ4v) is 2.65. The lowest BCUT2D eigenvalue weighted by atomic mass is 10.1. The number of nitrogens with one attached hydrogen (secondary N) is 2. The van der Waals surface area contributed by atoms with Gasteiger partial charge in [-0.15, -0.1) is 24.0 Å². The molecule has 8 heteroatoms. The number of rotatable bonds is 10. The van der Waals surface area contributed by atoms with Gasteiger partial charge in [0.25, 0.3) is 0 Å². The second kappa shape index (κ2) is 13.5. The lowest BCUT2D eigenvalue weighted by molar-refractivity contribution is 0.271. The molecule has 0 saturated heterocycles. The van der Waals surface area contributed by atoms with Crippen molar-refractivity contribution >= 4 is 29.9 Å². The molecule has 2 N–H and O–H groups in total. The second-order valence-electron chi connectivity index (χ2n) is 7.94. The average molecular weight is 529 g/mol. The van der Waals surface area contributed by atoms with Crippen LogP contribution in [0.25, 0.3) is 0 Å². The average Bonchev–Trinajstić information content (AvgIpc) is 3.18. The number of aryl methyl sites for hydroxylation is 1. The van der Waals surface area contributed by atoms with Crippen LogP contribution in [0.1, 0.15) is 70.3 Å². The van der Waals surface area contributed by atoms with Crippen molar-refractivity contribution in [2.75, 3.05) is 20.2 Å². The molecule has 1 unspecified atom stereocenters. The maximum absolute atomic E-state index is 5.75. The third kappa shape index (κ3) is 8.89. The Hall–Kier alpha value is -1.84. The fourth-order valence-electron chi connectivity index (χ4n) is 2.65. The SMILES string of the molecule is CN=C(NCCCc1nc(C(C)C)no1)NC(C)c1ccc(OCC(C)C)cc1.I. The van der Waals surface area contributed by atoms with Crippen molar-refractivity contribution in [2.45, 2.75) is 59.4 Å². The van der Waals surface area contributed by atoms with Gasteiger partial charge in [0.15, 0.2) is 11.8 Å². The molecule has 0 fully saturated rings. The van der Waals surface area contributed by atoms with Gasteiger partial charge >= 0.3 is 0 Å². The normalized spacial score (nSPS) is 12.6. The van der Waals surface area contributed by atoms with E-state index in [1.807, 2.05) is 12.1 Å². The van der Waals surface area contributed by atoms with Crippen LogP contribution in [0.15, 0.2) is 33.8 Å². The van der Waals surface area contributed by atoms with Crippen LogP contribution in [0.5, 0.6) is 5.75 Å². The first-order valence-electron chi connectivity index (χ1n) is 10.4. The molecule has 0 aliphatic rings. The Labute approximate surface area is 197 Å². The summed E-state index contributed by atoms with van der Waals surface area (Å²) >= 11 is 0. The van der Waals surface area contributed by atoms with Gasteiger partial charge < -0.3 is 19.9 Å². The van der Waals surface area contributed by atoms with Crippen LogP contribution in [0, 0.1) is 5.92 Å².